The second-order valence-electron chi connectivity index (χ2n) is 3.94. The first-order valence-electron chi connectivity index (χ1n) is 5.16. The van der Waals surface area contributed by atoms with Crippen LogP contribution in [0, 0.1) is 0 Å². The van der Waals surface area contributed by atoms with Crippen LogP contribution < -0.4 is 0 Å². The third kappa shape index (κ3) is 1.49. The van der Waals surface area contributed by atoms with E-state index in [1.165, 1.54) is 22.3 Å². The van der Waals surface area contributed by atoms with Crippen molar-refractivity contribution in [2.75, 3.05) is 0 Å². The zero-order chi connectivity index (χ0) is 10.3. The van der Waals surface area contributed by atoms with Gasteiger partial charge in [0, 0.05) is 0 Å². The molecule has 3 rings (SSSR count). The lowest BCUT2D eigenvalue weighted by molar-refractivity contribution is 1.01. The maximum absolute atomic E-state index is 2.54. The van der Waals surface area contributed by atoms with E-state index in [0.717, 1.165) is 6.42 Å². The molecule has 0 bridgehead atoms. The van der Waals surface area contributed by atoms with Crippen molar-refractivity contribution in [3.63, 3.8) is 0 Å². The van der Waals surface area contributed by atoms with Gasteiger partial charge in [0.2, 0.25) is 0 Å². The molecule has 1 aliphatic carbocycles. The molecule has 15 heavy (non-hydrogen) atoms. The normalized spacial score (nSPS) is 14.5. The van der Waals surface area contributed by atoms with Gasteiger partial charge in [-0.05, 0) is 28.7 Å². The SMILES string of the molecule is IC1c2ccccc2Cc2ccccc21. The van der Waals surface area contributed by atoms with Crippen molar-refractivity contribution in [2.24, 2.45) is 0 Å². The molecule has 0 heterocycles. The standard InChI is InChI=1S/C14H11I/c15-14-12-7-3-1-5-10(12)9-11-6-2-4-8-13(11)14/h1-8,14H,9H2. The van der Waals surface area contributed by atoms with Crippen LogP contribution >= 0.6 is 22.6 Å². The molecule has 0 saturated heterocycles. The molecule has 74 valence electrons. The van der Waals surface area contributed by atoms with Crippen LogP contribution in [0.2, 0.25) is 0 Å². The minimum Gasteiger partial charge on any atom is -0.0722 e. The van der Waals surface area contributed by atoms with Gasteiger partial charge < -0.3 is 0 Å². The lowest BCUT2D eigenvalue weighted by Crippen LogP contribution is -2.08. The summed E-state index contributed by atoms with van der Waals surface area (Å²) < 4.78 is 0.517. The predicted octanol–water partition coefficient (Wildman–Crippen LogP) is 4.12. The third-order valence-corrected chi connectivity index (χ3v) is 4.38. The third-order valence-electron chi connectivity index (χ3n) is 3.04. The van der Waals surface area contributed by atoms with Crippen molar-refractivity contribution >= 4 is 22.6 Å². The smallest absolute Gasteiger partial charge is 0.0614 e. The summed E-state index contributed by atoms with van der Waals surface area (Å²) in [5.74, 6) is 0. The summed E-state index contributed by atoms with van der Waals surface area (Å²) in [7, 11) is 0. The fourth-order valence-electron chi connectivity index (χ4n) is 2.26. The Labute approximate surface area is 103 Å². The summed E-state index contributed by atoms with van der Waals surface area (Å²) >= 11 is 2.54. The van der Waals surface area contributed by atoms with Gasteiger partial charge in [0.15, 0.2) is 0 Å². The Balaban J connectivity index is 2.20. The zero-order valence-electron chi connectivity index (χ0n) is 8.28. The van der Waals surface area contributed by atoms with E-state index in [0.29, 0.717) is 3.92 Å². The van der Waals surface area contributed by atoms with Gasteiger partial charge in [-0.1, -0.05) is 71.1 Å². The van der Waals surface area contributed by atoms with Crippen molar-refractivity contribution < 1.29 is 0 Å². The molecule has 1 aliphatic rings. The summed E-state index contributed by atoms with van der Waals surface area (Å²) in [6.45, 7) is 0. The van der Waals surface area contributed by atoms with Crippen LogP contribution in [0.1, 0.15) is 26.2 Å². The lowest BCUT2D eigenvalue weighted by Gasteiger charge is -2.24. The van der Waals surface area contributed by atoms with Crippen molar-refractivity contribution in [1.82, 2.24) is 0 Å². The Bertz CT molecular complexity index is 457. The van der Waals surface area contributed by atoms with Gasteiger partial charge in [-0.15, -0.1) is 0 Å². The largest absolute Gasteiger partial charge is 0.0722 e. The average Bonchev–Trinajstić information content (AvgIpc) is 2.30. The highest BCUT2D eigenvalue weighted by Gasteiger charge is 2.21. The topological polar surface area (TPSA) is 0 Å². The van der Waals surface area contributed by atoms with Gasteiger partial charge >= 0.3 is 0 Å². The maximum atomic E-state index is 2.54. The molecule has 0 atom stereocenters. The van der Waals surface area contributed by atoms with E-state index >= 15 is 0 Å². The van der Waals surface area contributed by atoms with Crippen molar-refractivity contribution in [3.8, 4) is 0 Å². The minimum atomic E-state index is 0.517. The Kier molecular flexibility index (Phi) is 2.28. The van der Waals surface area contributed by atoms with Crippen molar-refractivity contribution in [3.05, 3.63) is 70.8 Å². The number of fused-ring (bicyclic) bond motifs is 2. The van der Waals surface area contributed by atoms with Crippen LogP contribution in [0.25, 0.3) is 0 Å². The highest BCUT2D eigenvalue weighted by Crippen LogP contribution is 2.40. The number of hydrogen-bond donors (Lipinski definition) is 0. The minimum absolute atomic E-state index is 0.517. The molecule has 2 aromatic carbocycles. The number of halogens is 1. The van der Waals surface area contributed by atoms with Gasteiger partial charge in [-0.2, -0.15) is 0 Å². The molecule has 2 aromatic rings. The molecule has 0 amide bonds. The monoisotopic (exact) mass is 306 g/mol. The lowest BCUT2D eigenvalue weighted by atomic mass is 9.86. The summed E-state index contributed by atoms with van der Waals surface area (Å²) in [4.78, 5) is 0. The summed E-state index contributed by atoms with van der Waals surface area (Å²) in [5, 5.41) is 0. The molecule has 0 spiro atoms. The van der Waals surface area contributed by atoms with E-state index in [1.54, 1.807) is 0 Å². The molecule has 0 aliphatic heterocycles. The summed E-state index contributed by atoms with van der Waals surface area (Å²) in [6.07, 6.45) is 1.09. The van der Waals surface area contributed by atoms with Gasteiger partial charge in [0.05, 0.1) is 3.92 Å². The Morgan fingerprint density at radius 3 is 1.80 bits per heavy atom. The molecule has 0 saturated carbocycles. The fraction of sp³-hybridized carbons (Fsp3) is 0.143. The predicted molar refractivity (Wildman–Crippen MR) is 71.6 cm³/mol. The molecule has 0 N–H and O–H groups in total. The van der Waals surface area contributed by atoms with E-state index < -0.39 is 0 Å². The van der Waals surface area contributed by atoms with Gasteiger partial charge in [0.25, 0.3) is 0 Å². The number of benzene rings is 2. The second-order valence-corrected chi connectivity index (χ2v) is 5.18. The zero-order valence-corrected chi connectivity index (χ0v) is 10.4. The van der Waals surface area contributed by atoms with Crippen LogP contribution in [-0.4, -0.2) is 0 Å². The Morgan fingerprint density at radius 2 is 1.27 bits per heavy atom. The van der Waals surface area contributed by atoms with E-state index in [4.69, 9.17) is 0 Å². The number of rotatable bonds is 0. The highest BCUT2D eigenvalue weighted by molar-refractivity contribution is 14.1. The Hall–Kier alpha value is -0.830. The van der Waals surface area contributed by atoms with E-state index in [1.807, 2.05) is 0 Å². The van der Waals surface area contributed by atoms with Crippen molar-refractivity contribution in [2.45, 2.75) is 10.3 Å². The number of hydrogen-bond acceptors (Lipinski definition) is 0. The second kappa shape index (κ2) is 3.63. The maximum Gasteiger partial charge on any atom is 0.0614 e. The fourth-order valence-corrected chi connectivity index (χ4v) is 3.47. The van der Waals surface area contributed by atoms with Gasteiger partial charge in [-0.3, -0.25) is 0 Å². The molecule has 1 heteroatoms. The Morgan fingerprint density at radius 1 is 0.800 bits per heavy atom. The molecule has 0 radical (unpaired) electrons. The van der Waals surface area contributed by atoms with Gasteiger partial charge in [-0.25, -0.2) is 0 Å². The van der Waals surface area contributed by atoms with Crippen LogP contribution in [0.5, 0.6) is 0 Å². The quantitative estimate of drug-likeness (QED) is 0.507. The highest BCUT2D eigenvalue weighted by atomic mass is 127. The molecule has 0 fully saturated rings. The van der Waals surface area contributed by atoms with Gasteiger partial charge in [0.1, 0.15) is 0 Å². The van der Waals surface area contributed by atoms with E-state index in [-0.39, 0.29) is 0 Å². The van der Waals surface area contributed by atoms with Crippen LogP contribution in [-0.2, 0) is 6.42 Å². The molecule has 0 nitrogen and oxygen atoms in total. The molecular weight excluding hydrogens is 295 g/mol. The van der Waals surface area contributed by atoms with E-state index in [2.05, 4.69) is 71.1 Å². The average molecular weight is 306 g/mol. The summed E-state index contributed by atoms with van der Waals surface area (Å²) in [5.41, 5.74) is 5.93. The molecule has 0 aromatic heterocycles. The van der Waals surface area contributed by atoms with Crippen LogP contribution in [0.15, 0.2) is 48.5 Å². The first kappa shape index (κ1) is 9.40. The first-order valence-corrected chi connectivity index (χ1v) is 6.40. The van der Waals surface area contributed by atoms with Crippen LogP contribution in [0.3, 0.4) is 0 Å². The molecule has 0 unspecified atom stereocenters. The summed E-state index contributed by atoms with van der Waals surface area (Å²) in [6, 6.07) is 17.5. The van der Waals surface area contributed by atoms with Crippen LogP contribution in [0.4, 0.5) is 0 Å². The number of alkyl halides is 1. The van der Waals surface area contributed by atoms with Crippen molar-refractivity contribution in [1.29, 1.82) is 0 Å². The molecular formula is C14H11I. The van der Waals surface area contributed by atoms with E-state index in [9.17, 15) is 0 Å². The first-order chi connectivity index (χ1) is 7.36.